The molecule has 1 aliphatic carbocycles. The highest BCUT2D eigenvalue weighted by atomic mass is 16.5. The number of nitrogens with zero attached hydrogens (tertiary/aromatic N) is 2. The predicted molar refractivity (Wildman–Crippen MR) is 90.3 cm³/mol. The van der Waals surface area contributed by atoms with Crippen LogP contribution in [0.5, 0.6) is 0 Å². The number of amides is 1. The van der Waals surface area contributed by atoms with Crippen LogP contribution in [0.3, 0.4) is 0 Å². The number of aryl methyl sites for hydroxylation is 1. The second-order valence-corrected chi connectivity index (χ2v) is 6.70. The van der Waals surface area contributed by atoms with Crippen LogP contribution in [0.25, 0.3) is 0 Å². The summed E-state index contributed by atoms with van der Waals surface area (Å²) in [6, 6.07) is 5.04. The van der Waals surface area contributed by atoms with Crippen molar-refractivity contribution >= 4 is 25.5 Å². The van der Waals surface area contributed by atoms with Gasteiger partial charge in [-0.25, -0.2) is 4.79 Å². The molecule has 1 saturated carbocycles. The molecule has 0 bridgehead atoms. The van der Waals surface area contributed by atoms with Crippen molar-refractivity contribution in [3.63, 3.8) is 0 Å². The molecule has 1 aromatic carbocycles. The smallest absolute Gasteiger partial charge is 0.465 e. The van der Waals surface area contributed by atoms with E-state index in [9.17, 15) is 9.59 Å². The Bertz CT molecular complexity index is 728. The van der Waals surface area contributed by atoms with Crippen molar-refractivity contribution in [3.05, 3.63) is 28.8 Å². The van der Waals surface area contributed by atoms with Crippen LogP contribution in [-0.4, -0.2) is 51.0 Å². The maximum absolute atomic E-state index is 12.9. The fraction of sp³-hybridized carbons (Fsp3) is 0.471. The minimum Gasteiger partial charge on any atom is -0.465 e. The average Bonchev–Trinajstić information content (AvgIpc) is 2.45. The highest BCUT2D eigenvalue weighted by Gasteiger charge is 2.54. The number of esters is 1. The first-order valence-electron chi connectivity index (χ1n) is 7.73. The topological polar surface area (TPSA) is 79.2 Å². The van der Waals surface area contributed by atoms with Gasteiger partial charge in [0.1, 0.15) is 0 Å². The maximum atomic E-state index is 12.9. The van der Waals surface area contributed by atoms with E-state index in [0.717, 1.165) is 6.42 Å². The van der Waals surface area contributed by atoms with Crippen molar-refractivity contribution in [2.75, 3.05) is 26.5 Å². The van der Waals surface area contributed by atoms with Crippen molar-refractivity contribution in [1.29, 1.82) is 5.26 Å². The lowest BCUT2D eigenvalue weighted by molar-refractivity contribution is -0.829. The van der Waals surface area contributed by atoms with Crippen LogP contribution in [0.4, 0.5) is 5.69 Å². The van der Waals surface area contributed by atoms with E-state index in [-0.39, 0.29) is 15.9 Å². The molecule has 0 heterocycles. The summed E-state index contributed by atoms with van der Waals surface area (Å²) < 4.78 is 4.81. The van der Waals surface area contributed by atoms with Gasteiger partial charge < -0.3 is 14.4 Å². The summed E-state index contributed by atoms with van der Waals surface area (Å²) in [5.41, 5.74) is 0.775. The maximum Gasteiger partial charge on any atom is 0.481 e. The van der Waals surface area contributed by atoms with Gasteiger partial charge in [-0.05, 0) is 31.0 Å². The summed E-state index contributed by atoms with van der Waals surface area (Å²) in [5, 5.41) is 11.9. The van der Waals surface area contributed by atoms with Gasteiger partial charge in [0.25, 0.3) is 5.91 Å². The van der Waals surface area contributed by atoms with Gasteiger partial charge in [0.05, 0.1) is 30.0 Å². The van der Waals surface area contributed by atoms with Crippen LogP contribution in [0, 0.1) is 18.3 Å². The molecule has 6 nitrogen and oxygen atoms in total. The zero-order chi connectivity index (χ0) is 18.1. The van der Waals surface area contributed by atoms with Crippen LogP contribution >= 0.6 is 0 Å². The fourth-order valence-electron chi connectivity index (χ4n) is 3.10. The first-order chi connectivity index (χ1) is 11.2. The Kier molecular flexibility index (Phi) is 4.72. The van der Waals surface area contributed by atoms with E-state index in [2.05, 4.69) is 5.32 Å². The average molecular weight is 326 g/mol. The molecule has 124 valence electrons. The summed E-state index contributed by atoms with van der Waals surface area (Å²) in [5.74, 6) is -0.825. The second-order valence-electron chi connectivity index (χ2n) is 6.70. The molecule has 1 aliphatic rings. The molecule has 0 spiro atoms. The summed E-state index contributed by atoms with van der Waals surface area (Å²) in [4.78, 5) is 25.0. The Hall–Kier alpha value is -2.33. The van der Waals surface area contributed by atoms with Crippen molar-refractivity contribution in [2.24, 2.45) is 0 Å². The minimum atomic E-state index is -0.715. The zero-order valence-electron chi connectivity index (χ0n) is 14.5. The number of hydrogen-bond acceptors (Lipinski definition) is 4. The number of carbonyl (C=O) groups is 2. The van der Waals surface area contributed by atoms with Crippen LogP contribution in [0.2, 0.25) is 0 Å². The molecular formula is C17H21BN3O3+. The molecule has 24 heavy (non-hydrogen) atoms. The Labute approximate surface area is 143 Å². The van der Waals surface area contributed by atoms with E-state index in [0.29, 0.717) is 29.7 Å². The molecule has 0 aliphatic heterocycles. The second kappa shape index (κ2) is 6.29. The molecular weight excluding hydrogens is 305 g/mol. The normalized spacial score (nSPS) is 15.8. The first kappa shape index (κ1) is 18.0. The standard InChI is InChI=1S/C17H21BN3O3/c1-11-8-12(10-19)9-13(15(22)24-4)14(11)20-16(23)17(6-5-7-17)21(2,3)18/h8-9H,5-7H2,1-4H3,(H,20,23)/q+1. The number of nitrogens with one attached hydrogen (secondary N) is 1. The van der Waals surface area contributed by atoms with Gasteiger partial charge in [-0.3, -0.25) is 4.79 Å². The third-order valence-corrected chi connectivity index (χ3v) is 4.82. The number of rotatable bonds is 4. The van der Waals surface area contributed by atoms with Gasteiger partial charge >= 0.3 is 14.0 Å². The molecule has 0 aromatic heterocycles. The number of hydrogen-bond donors (Lipinski definition) is 1. The first-order valence-corrected chi connectivity index (χ1v) is 7.73. The monoisotopic (exact) mass is 326 g/mol. The number of anilines is 1. The number of likely N-dealkylation sites (N-methyl/N-ethyl adjacent to an activating group) is 1. The van der Waals surface area contributed by atoms with Gasteiger partial charge in [-0.2, -0.15) is 5.26 Å². The number of methoxy groups -OCH3 is 1. The number of ether oxygens (including phenoxy) is 1. The number of quaternary nitrogens is 1. The van der Waals surface area contributed by atoms with E-state index >= 15 is 0 Å². The van der Waals surface area contributed by atoms with Crippen molar-refractivity contribution in [2.45, 2.75) is 31.7 Å². The van der Waals surface area contributed by atoms with Crippen molar-refractivity contribution in [3.8, 4) is 6.07 Å². The lowest BCUT2D eigenvalue weighted by Gasteiger charge is -2.51. The third kappa shape index (κ3) is 2.90. The number of carbonyl (C=O) groups excluding carboxylic acids is 2. The lowest BCUT2D eigenvalue weighted by atomic mass is 9.71. The molecule has 2 radical (unpaired) electrons. The molecule has 1 aromatic rings. The third-order valence-electron chi connectivity index (χ3n) is 4.82. The van der Waals surface area contributed by atoms with Gasteiger partial charge in [-0.15, -0.1) is 0 Å². The van der Waals surface area contributed by atoms with Gasteiger partial charge in [0.2, 0.25) is 0 Å². The lowest BCUT2D eigenvalue weighted by Crippen LogP contribution is -2.68. The fourth-order valence-corrected chi connectivity index (χ4v) is 3.10. The Morgan fingerprint density at radius 2 is 2.00 bits per heavy atom. The van der Waals surface area contributed by atoms with E-state index < -0.39 is 11.5 Å². The van der Waals surface area contributed by atoms with Crippen LogP contribution in [0.15, 0.2) is 12.1 Å². The van der Waals surface area contributed by atoms with Crippen LogP contribution in [-0.2, 0) is 9.53 Å². The van der Waals surface area contributed by atoms with Gasteiger partial charge in [0.15, 0.2) is 5.54 Å². The number of benzene rings is 1. The highest BCUT2D eigenvalue weighted by molar-refractivity contribution is 6.07. The van der Waals surface area contributed by atoms with E-state index in [1.165, 1.54) is 13.2 Å². The van der Waals surface area contributed by atoms with Gasteiger partial charge in [-0.1, -0.05) is 0 Å². The summed E-state index contributed by atoms with van der Waals surface area (Å²) in [6.07, 6.45) is 2.30. The molecule has 0 unspecified atom stereocenters. The summed E-state index contributed by atoms with van der Waals surface area (Å²) in [6.45, 7) is 1.73. The predicted octanol–water partition coefficient (Wildman–Crippen LogP) is 1.67. The summed E-state index contributed by atoms with van der Waals surface area (Å²) >= 11 is 0. The molecule has 7 heteroatoms. The van der Waals surface area contributed by atoms with Crippen LogP contribution in [0.1, 0.15) is 40.7 Å². The Morgan fingerprint density at radius 3 is 2.42 bits per heavy atom. The SMILES string of the molecule is [B][N+](C)(C)C1(C(=O)Nc2c(C)cc(C#N)cc2C(=O)OC)CCC1. The molecule has 0 atom stereocenters. The van der Waals surface area contributed by atoms with Crippen LogP contribution < -0.4 is 5.32 Å². The number of nitriles is 1. The van der Waals surface area contributed by atoms with E-state index in [1.807, 2.05) is 6.07 Å². The van der Waals surface area contributed by atoms with Crippen molar-refractivity contribution < 1.29 is 18.7 Å². The molecule has 1 amide bonds. The zero-order valence-corrected chi connectivity index (χ0v) is 14.5. The molecule has 0 saturated heterocycles. The van der Waals surface area contributed by atoms with Crippen molar-refractivity contribution in [1.82, 2.24) is 0 Å². The summed E-state index contributed by atoms with van der Waals surface area (Å²) in [7, 11) is 11.0. The quantitative estimate of drug-likeness (QED) is 0.674. The Balaban J connectivity index is 2.44. The highest BCUT2D eigenvalue weighted by Crippen LogP contribution is 2.41. The largest absolute Gasteiger partial charge is 0.481 e. The molecule has 1 fully saturated rings. The molecule has 1 N–H and O–H groups in total. The molecule has 2 rings (SSSR count). The van der Waals surface area contributed by atoms with Gasteiger partial charge in [0, 0.05) is 26.9 Å². The van der Waals surface area contributed by atoms with E-state index in [1.54, 1.807) is 27.1 Å². The minimum absolute atomic E-state index is 0.0295. The van der Waals surface area contributed by atoms with E-state index in [4.69, 9.17) is 18.0 Å². The Morgan fingerprint density at radius 1 is 1.38 bits per heavy atom.